The van der Waals surface area contributed by atoms with Crippen molar-refractivity contribution in [3.05, 3.63) is 114 Å². The van der Waals surface area contributed by atoms with E-state index in [0.717, 1.165) is 32.1 Å². The monoisotopic (exact) mass is 502 g/mol. The second-order valence-corrected chi connectivity index (χ2v) is 9.78. The number of hydrogen-bond acceptors (Lipinski definition) is 3. The molecule has 0 aromatic heterocycles. The predicted octanol–water partition coefficient (Wildman–Crippen LogP) is 6.29. The molecule has 1 saturated carbocycles. The van der Waals surface area contributed by atoms with Crippen LogP contribution in [0.15, 0.2) is 103 Å². The number of anilines is 1. The molecule has 1 N–H and O–H groups in total. The van der Waals surface area contributed by atoms with E-state index >= 15 is 0 Å². The second-order valence-electron chi connectivity index (χ2n) is 8.54. The van der Waals surface area contributed by atoms with Gasteiger partial charge >= 0.3 is 5.97 Å². The van der Waals surface area contributed by atoms with Crippen LogP contribution in [0.25, 0.3) is 22.3 Å². The van der Waals surface area contributed by atoms with Crippen molar-refractivity contribution in [2.24, 2.45) is 0 Å². The van der Waals surface area contributed by atoms with Gasteiger partial charge < -0.3 is 9.66 Å². The van der Waals surface area contributed by atoms with Gasteiger partial charge in [-0.25, -0.2) is 4.79 Å². The molecule has 3 unspecified atom stereocenters. The summed E-state index contributed by atoms with van der Waals surface area (Å²) in [7, 11) is 0. The molecule has 0 bridgehead atoms. The lowest BCUT2D eigenvalue weighted by Crippen LogP contribution is -2.46. The standard InChI is InChI=1S/C28H22ClNO4S/c29-24-13-9-20(10-14-24)21-11-15-25(16-12-21)30(35(33)34)28(27(31)32)18-26(28)23-8-4-7-22(17-23)19-5-2-1-3-6-19/h1-17,26H,18H2,(H,31,32)(H,33,34)/p-1. The number of nitrogens with zero attached hydrogens (tertiary/aromatic N) is 1. The van der Waals surface area contributed by atoms with Crippen LogP contribution in [-0.2, 0) is 16.1 Å². The van der Waals surface area contributed by atoms with Gasteiger partial charge in [-0.05, 0) is 58.5 Å². The molecule has 0 spiro atoms. The van der Waals surface area contributed by atoms with E-state index in [9.17, 15) is 18.7 Å². The van der Waals surface area contributed by atoms with Gasteiger partial charge in [0.15, 0.2) is 5.54 Å². The maximum atomic E-state index is 12.5. The summed E-state index contributed by atoms with van der Waals surface area (Å²) in [6.45, 7) is 0. The van der Waals surface area contributed by atoms with Crippen LogP contribution in [0.4, 0.5) is 5.69 Å². The van der Waals surface area contributed by atoms with E-state index < -0.39 is 28.7 Å². The van der Waals surface area contributed by atoms with Crippen LogP contribution in [-0.4, -0.2) is 25.4 Å². The summed E-state index contributed by atoms with van der Waals surface area (Å²) in [5.41, 5.74) is 3.28. The fourth-order valence-corrected chi connectivity index (χ4v) is 5.61. The second kappa shape index (κ2) is 9.30. The highest BCUT2D eigenvalue weighted by atomic mass is 35.5. The Hall–Kier alpha value is -3.45. The van der Waals surface area contributed by atoms with E-state index in [0.29, 0.717) is 10.7 Å². The number of benzene rings is 4. The molecular weight excluding hydrogens is 482 g/mol. The molecule has 4 aromatic carbocycles. The van der Waals surface area contributed by atoms with Crippen molar-refractivity contribution in [3.8, 4) is 22.3 Å². The topological polar surface area (TPSA) is 80.7 Å². The summed E-state index contributed by atoms with van der Waals surface area (Å²) in [5.74, 6) is -1.64. The van der Waals surface area contributed by atoms with Crippen molar-refractivity contribution in [2.45, 2.75) is 17.9 Å². The minimum Gasteiger partial charge on any atom is -0.755 e. The Morgan fingerprint density at radius 1 is 0.857 bits per heavy atom. The van der Waals surface area contributed by atoms with Crippen molar-refractivity contribution < 1.29 is 18.7 Å². The van der Waals surface area contributed by atoms with E-state index in [1.165, 1.54) is 0 Å². The predicted molar refractivity (Wildman–Crippen MR) is 138 cm³/mol. The number of carboxylic acids is 1. The fraction of sp³-hybridized carbons (Fsp3) is 0.107. The van der Waals surface area contributed by atoms with Crippen molar-refractivity contribution in [3.63, 3.8) is 0 Å². The number of halogens is 1. The third kappa shape index (κ3) is 4.36. The van der Waals surface area contributed by atoms with Gasteiger partial charge in [0.2, 0.25) is 0 Å². The van der Waals surface area contributed by atoms with Crippen LogP contribution in [0.2, 0.25) is 5.02 Å². The van der Waals surface area contributed by atoms with Gasteiger partial charge in [0, 0.05) is 27.9 Å². The first-order valence-corrected chi connectivity index (χ1v) is 12.5. The summed E-state index contributed by atoms with van der Waals surface area (Å²) < 4.78 is 25.8. The SMILES string of the molecule is O=C(O)C1(N(c2ccc(-c3ccc(Cl)cc3)cc2)S(=O)[O-])CC1c1cccc(-c2ccccc2)c1. The Balaban J connectivity index is 1.49. The molecule has 0 radical (unpaired) electrons. The Labute approximate surface area is 211 Å². The lowest BCUT2D eigenvalue weighted by Gasteiger charge is -2.33. The summed E-state index contributed by atoms with van der Waals surface area (Å²) in [4.78, 5) is 12.5. The summed E-state index contributed by atoms with van der Waals surface area (Å²) >= 11 is 3.18. The van der Waals surface area contributed by atoms with E-state index in [1.807, 2.05) is 66.7 Å². The minimum absolute atomic E-state index is 0.188. The Kier molecular flexibility index (Phi) is 6.19. The van der Waals surface area contributed by atoms with E-state index in [4.69, 9.17) is 11.6 Å². The zero-order valence-electron chi connectivity index (χ0n) is 18.5. The maximum Gasteiger partial charge on any atom is 0.331 e. The first-order chi connectivity index (χ1) is 16.9. The van der Waals surface area contributed by atoms with Crippen molar-refractivity contribution >= 4 is 34.5 Å². The van der Waals surface area contributed by atoms with Crippen molar-refractivity contribution in [2.75, 3.05) is 4.31 Å². The molecule has 5 rings (SSSR count). The maximum absolute atomic E-state index is 12.5. The average molecular weight is 503 g/mol. The quantitative estimate of drug-likeness (QED) is 0.301. The van der Waals surface area contributed by atoms with E-state index in [-0.39, 0.29) is 6.42 Å². The molecular formula is C28H21ClNO4S-. The first kappa shape index (κ1) is 23.3. The molecule has 0 saturated heterocycles. The molecule has 1 aliphatic carbocycles. The molecule has 0 amide bonds. The van der Waals surface area contributed by atoms with Gasteiger partial charge in [-0.15, -0.1) is 0 Å². The largest absolute Gasteiger partial charge is 0.755 e. The normalized spacial score (nSPS) is 19.7. The van der Waals surface area contributed by atoms with Gasteiger partial charge in [0.25, 0.3) is 0 Å². The van der Waals surface area contributed by atoms with Crippen LogP contribution in [0.1, 0.15) is 17.9 Å². The molecule has 0 heterocycles. The number of carboxylic acid groups (broad SMARTS) is 1. The smallest absolute Gasteiger partial charge is 0.331 e. The zero-order chi connectivity index (χ0) is 24.6. The third-order valence-corrected chi connectivity index (χ3v) is 7.58. The van der Waals surface area contributed by atoms with Crippen LogP contribution in [0.5, 0.6) is 0 Å². The highest BCUT2D eigenvalue weighted by Gasteiger charge is 2.66. The molecule has 5 nitrogen and oxygen atoms in total. The van der Waals surface area contributed by atoms with Crippen LogP contribution in [0, 0.1) is 0 Å². The van der Waals surface area contributed by atoms with Gasteiger partial charge in [0.05, 0.1) is 0 Å². The van der Waals surface area contributed by atoms with E-state index in [2.05, 4.69) is 0 Å². The molecule has 0 aliphatic heterocycles. The average Bonchev–Trinajstić information content (AvgIpc) is 3.62. The molecule has 7 heteroatoms. The number of aliphatic carboxylic acids is 1. The summed E-state index contributed by atoms with van der Waals surface area (Å²) in [6.07, 6.45) is 0.188. The van der Waals surface area contributed by atoms with Gasteiger partial charge in [-0.2, -0.15) is 0 Å². The molecule has 35 heavy (non-hydrogen) atoms. The number of rotatable bonds is 7. The fourth-order valence-electron chi connectivity index (χ4n) is 4.64. The molecule has 4 aromatic rings. The lowest BCUT2D eigenvalue weighted by atomic mass is 9.99. The Morgan fingerprint density at radius 2 is 1.43 bits per heavy atom. The minimum atomic E-state index is -2.79. The van der Waals surface area contributed by atoms with Crippen molar-refractivity contribution in [1.29, 1.82) is 0 Å². The van der Waals surface area contributed by atoms with Crippen LogP contribution >= 0.6 is 11.6 Å². The van der Waals surface area contributed by atoms with Crippen LogP contribution < -0.4 is 4.31 Å². The molecule has 176 valence electrons. The Bertz CT molecular complexity index is 1390. The van der Waals surface area contributed by atoms with Gasteiger partial charge in [-0.3, -0.25) is 8.51 Å². The summed E-state index contributed by atoms with van der Waals surface area (Å²) in [5, 5.41) is 10.9. The first-order valence-electron chi connectivity index (χ1n) is 11.0. The Morgan fingerprint density at radius 3 is 2.03 bits per heavy atom. The molecule has 1 fully saturated rings. The van der Waals surface area contributed by atoms with Gasteiger partial charge in [0.1, 0.15) is 0 Å². The third-order valence-electron chi connectivity index (χ3n) is 6.49. The van der Waals surface area contributed by atoms with Crippen LogP contribution in [0.3, 0.4) is 0 Å². The van der Waals surface area contributed by atoms with Gasteiger partial charge in [-0.1, -0.05) is 90.5 Å². The number of carbonyl (C=O) groups is 1. The zero-order valence-corrected chi connectivity index (χ0v) is 20.1. The summed E-state index contributed by atoms with van der Waals surface area (Å²) in [6, 6.07) is 31.6. The van der Waals surface area contributed by atoms with E-state index in [1.54, 1.807) is 36.4 Å². The number of hydrogen-bond donors (Lipinski definition) is 1. The molecule has 1 aliphatic rings. The lowest BCUT2D eigenvalue weighted by molar-refractivity contribution is -0.139. The molecule has 3 atom stereocenters. The highest BCUT2D eigenvalue weighted by molar-refractivity contribution is 7.80. The van der Waals surface area contributed by atoms with Crippen molar-refractivity contribution in [1.82, 2.24) is 0 Å². The highest BCUT2D eigenvalue weighted by Crippen LogP contribution is 2.57.